The number of halogens is 2. The molecule has 34 heavy (non-hydrogen) atoms. The number of aromatic nitrogens is 2. The molecular formula is C23H17Cl2N3O6. The summed E-state index contributed by atoms with van der Waals surface area (Å²) in [5.74, 6) is -1.19. The van der Waals surface area contributed by atoms with Crippen LogP contribution in [0.2, 0.25) is 10.0 Å². The highest BCUT2D eigenvalue weighted by Crippen LogP contribution is 2.40. The van der Waals surface area contributed by atoms with Crippen molar-refractivity contribution >= 4 is 35.1 Å². The standard InChI is InChI=1S/C23H17Cl2N3O6/c24-14-5-1-12(2-6-14)21(29)31-11-16-18(33-22(30)13-3-7-15(25)8-4-13)19-20(32-16)28-10-9-17(26)27-23(28)34-19/h1-10,16,18-20,26H,11H2/t16-,18-,19-,20-/m1/s1. The number of ether oxygens (including phenoxy) is 4. The lowest BCUT2D eigenvalue weighted by Gasteiger charge is -2.22. The highest BCUT2D eigenvalue weighted by Gasteiger charge is 2.54. The van der Waals surface area contributed by atoms with Gasteiger partial charge in [0.05, 0.1) is 11.1 Å². The van der Waals surface area contributed by atoms with Gasteiger partial charge < -0.3 is 18.9 Å². The van der Waals surface area contributed by atoms with E-state index in [9.17, 15) is 9.59 Å². The van der Waals surface area contributed by atoms with E-state index in [1.807, 2.05) is 0 Å². The average Bonchev–Trinajstić information content (AvgIpc) is 3.33. The third-order valence-electron chi connectivity index (χ3n) is 5.41. The van der Waals surface area contributed by atoms with Gasteiger partial charge in [0, 0.05) is 16.2 Å². The molecule has 0 saturated carbocycles. The summed E-state index contributed by atoms with van der Waals surface area (Å²) in [6.45, 7) is -0.184. The maximum absolute atomic E-state index is 12.8. The molecule has 4 atom stereocenters. The SMILES string of the molecule is N=c1ccn2c(n1)O[C@@H]1[C@H](OC(=O)c3ccc(Cl)cc3)[C@@H](COC(=O)c3ccc(Cl)cc3)O[C@H]12. The zero-order chi connectivity index (χ0) is 23.8. The number of rotatable bonds is 5. The van der Waals surface area contributed by atoms with E-state index in [1.54, 1.807) is 59.3 Å². The Balaban J connectivity index is 1.36. The molecular weight excluding hydrogens is 485 g/mol. The topological polar surface area (TPSA) is 113 Å². The Kier molecular flexibility index (Phi) is 5.99. The van der Waals surface area contributed by atoms with Gasteiger partial charge in [-0.2, -0.15) is 4.98 Å². The Labute approximate surface area is 203 Å². The molecule has 1 aromatic heterocycles. The number of nitrogens with one attached hydrogen (secondary N) is 1. The van der Waals surface area contributed by atoms with Gasteiger partial charge in [0.1, 0.15) is 12.7 Å². The van der Waals surface area contributed by atoms with Crippen LogP contribution in [0, 0.1) is 5.41 Å². The van der Waals surface area contributed by atoms with Crippen LogP contribution in [0.3, 0.4) is 0 Å². The molecule has 0 bridgehead atoms. The quantitative estimate of drug-likeness (QED) is 0.532. The summed E-state index contributed by atoms with van der Waals surface area (Å²) in [4.78, 5) is 29.3. The van der Waals surface area contributed by atoms with Gasteiger partial charge in [-0.1, -0.05) is 23.2 Å². The minimum Gasteiger partial charge on any atom is -0.459 e. The largest absolute Gasteiger partial charge is 0.459 e. The summed E-state index contributed by atoms with van der Waals surface area (Å²) in [7, 11) is 0. The lowest BCUT2D eigenvalue weighted by atomic mass is 10.1. The fourth-order valence-corrected chi connectivity index (χ4v) is 4.01. The second-order valence-electron chi connectivity index (χ2n) is 7.63. The number of hydrogen-bond donors (Lipinski definition) is 1. The molecule has 0 aliphatic carbocycles. The first-order chi connectivity index (χ1) is 16.4. The molecule has 174 valence electrons. The van der Waals surface area contributed by atoms with Crippen LogP contribution in [0.15, 0.2) is 60.8 Å². The predicted octanol–water partition coefficient (Wildman–Crippen LogP) is 3.41. The van der Waals surface area contributed by atoms with Crippen molar-refractivity contribution in [1.29, 1.82) is 5.41 Å². The summed E-state index contributed by atoms with van der Waals surface area (Å²) in [5, 5.41) is 8.68. The van der Waals surface area contributed by atoms with E-state index in [-0.39, 0.29) is 18.1 Å². The second-order valence-corrected chi connectivity index (χ2v) is 8.51. The van der Waals surface area contributed by atoms with Crippen LogP contribution < -0.4 is 10.2 Å². The fourth-order valence-electron chi connectivity index (χ4n) is 3.75. The molecule has 0 radical (unpaired) electrons. The van der Waals surface area contributed by atoms with Crippen molar-refractivity contribution in [3.05, 3.63) is 87.5 Å². The molecule has 2 aromatic carbocycles. The Morgan fingerprint density at radius 3 is 2.24 bits per heavy atom. The predicted molar refractivity (Wildman–Crippen MR) is 119 cm³/mol. The van der Waals surface area contributed by atoms with Gasteiger partial charge in [-0.25, -0.2) is 9.59 Å². The smallest absolute Gasteiger partial charge is 0.338 e. The zero-order valence-electron chi connectivity index (χ0n) is 17.4. The van der Waals surface area contributed by atoms with Crippen LogP contribution in [0.1, 0.15) is 26.9 Å². The summed E-state index contributed by atoms with van der Waals surface area (Å²) in [6.07, 6.45) is -1.54. The van der Waals surface area contributed by atoms with E-state index in [1.165, 1.54) is 6.07 Å². The number of esters is 2. The third kappa shape index (κ3) is 4.37. The number of carbonyl (C=O) groups is 2. The molecule has 1 N–H and O–H groups in total. The molecule has 3 aromatic rings. The molecule has 3 heterocycles. The first-order valence-corrected chi connectivity index (χ1v) is 11.0. The van der Waals surface area contributed by atoms with Crippen molar-refractivity contribution in [2.75, 3.05) is 6.61 Å². The maximum Gasteiger partial charge on any atom is 0.338 e. The van der Waals surface area contributed by atoms with Crippen molar-refractivity contribution in [2.45, 2.75) is 24.5 Å². The number of fused-ring (bicyclic) bond motifs is 3. The van der Waals surface area contributed by atoms with Gasteiger partial charge in [-0.3, -0.25) is 9.98 Å². The van der Waals surface area contributed by atoms with Crippen molar-refractivity contribution in [2.24, 2.45) is 0 Å². The molecule has 9 nitrogen and oxygen atoms in total. The Morgan fingerprint density at radius 2 is 1.59 bits per heavy atom. The Hall–Kier alpha value is -3.40. The Morgan fingerprint density at radius 1 is 0.971 bits per heavy atom. The van der Waals surface area contributed by atoms with Crippen molar-refractivity contribution in [1.82, 2.24) is 9.55 Å². The third-order valence-corrected chi connectivity index (χ3v) is 5.92. The minimum absolute atomic E-state index is 0.0226. The fraction of sp³-hybridized carbons (Fsp3) is 0.217. The normalized spacial score (nSPS) is 22.4. The number of hydrogen-bond acceptors (Lipinski definition) is 8. The molecule has 2 aliphatic heterocycles. The van der Waals surface area contributed by atoms with Crippen molar-refractivity contribution in [3.8, 4) is 6.01 Å². The molecule has 11 heteroatoms. The zero-order valence-corrected chi connectivity index (χ0v) is 18.9. The van der Waals surface area contributed by atoms with Crippen LogP contribution in [0.25, 0.3) is 0 Å². The lowest BCUT2D eigenvalue weighted by Crippen LogP contribution is -2.40. The molecule has 0 unspecified atom stereocenters. The number of benzene rings is 2. The van der Waals surface area contributed by atoms with Crippen LogP contribution in [0.5, 0.6) is 6.01 Å². The van der Waals surface area contributed by atoms with Crippen LogP contribution in [-0.2, 0) is 14.2 Å². The van der Waals surface area contributed by atoms with E-state index in [2.05, 4.69) is 4.98 Å². The van der Waals surface area contributed by atoms with Crippen LogP contribution in [0.4, 0.5) is 0 Å². The first-order valence-electron chi connectivity index (χ1n) is 10.2. The van der Waals surface area contributed by atoms with E-state index >= 15 is 0 Å². The molecule has 2 aliphatic rings. The van der Waals surface area contributed by atoms with Crippen LogP contribution >= 0.6 is 23.2 Å². The minimum atomic E-state index is -0.915. The van der Waals surface area contributed by atoms with E-state index in [4.69, 9.17) is 47.6 Å². The number of nitrogens with zero attached hydrogens (tertiary/aromatic N) is 2. The highest BCUT2D eigenvalue weighted by atomic mass is 35.5. The van der Waals surface area contributed by atoms with Gasteiger partial charge in [-0.15, -0.1) is 0 Å². The summed E-state index contributed by atoms with van der Waals surface area (Å²) < 4.78 is 24.7. The van der Waals surface area contributed by atoms with Gasteiger partial charge >= 0.3 is 17.9 Å². The van der Waals surface area contributed by atoms with E-state index < -0.39 is 36.5 Å². The van der Waals surface area contributed by atoms with Gasteiger partial charge in [0.15, 0.2) is 23.9 Å². The molecule has 1 saturated heterocycles. The average molecular weight is 502 g/mol. The number of carbonyl (C=O) groups excluding carboxylic acids is 2. The van der Waals surface area contributed by atoms with Gasteiger partial charge in [-0.05, 0) is 54.6 Å². The molecule has 0 amide bonds. The van der Waals surface area contributed by atoms with Gasteiger partial charge in [0.2, 0.25) is 0 Å². The van der Waals surface area contributed by atoms with Crippen molar-refractivity contribution in [3.63, 3.8) is 0 Å². The molecule has 0 spiro atoms. The van der Waals surface area contributed by atoms with Crippen LogP contribution in [-0.4, -0.2) is 46.4 Å². The Bertz CT molecular complexity index is 1300. The monoisotopic (exact) mass is 501 g/mol. The van der Waals surface area contributed by atoms with E-state index in [0.717, 1.165) is 0 Å². The summed E-state index contributed by atoms with van der Waals surface area (Å²) in [5.41, 5.74) is 0.634. The summed E-state index contributed by atoms with van der Waals surface area (Å²) in [6, 6.07) is 14.2. The van der Waals surface area contributed by atoms with Crippen molar-refractivity contribution < 1.29 is 28.5 Å². The lowest BCUT2D eigenvalue weighted by molar-refractivity contribution is -0.0574. The molecule has 1 fully saturated rings. The second kappa shape index (κ2) is 9.09. The van der Waals surface area contributed by atoms with E-state index in [0.29, 0.717) is 21.2 Å². The van der Waals surface area contributed by atoms with Gasteiger partial charge in [0.25, 0.3) is 0 Å². The summed E-state index contributed by atoms with van der Waals surface area (Å²) >= 11 is 11.8. The maximum atomic E-state index is 12.8. The first kappa shape index (κ1) is 22.4. The highest BCUT2D eigenvalue weighted by molar-refractivity contribution is 6.31. The molecule has 5 rings (SSSR count).